The number of phenols is 2. The molecule has 0 spiro atoms. The Morgan fingerprint density at radius 1 is 1.12 bits per heavy atom. The number of carbonyl (C=O) groups excluding carboxylic acids is 1. The lowest BCUT2D eigenvalue weighted by atomic mass is 10.1. The minimum absolute atomic E-state index is 0.100. The molecule has 0 atom stereocenters. The van der Waals surface area contributed by atoms with E-state index in [1.165, 1.54) is 18.2 Å². The molecule has 2 rings (SSSR count). The molecule has 0 bridgehead atoms. The molecular formula is C12H15NO3. The third kappa shape index (κ3) is 2.45. The van der Waals surface area contributed by atoms with E-state index in [2.05, 4.69) is 5.32 Å². The first-order valence-electron chi connectivity index (χ1n) is 5.49. The van der Waals surface area contributed by atoms with Crippen molar-refractivity contribution in [2.24, 2.45) is 0 Å². The van der Waals surface area contributed by atoms with Crippen LogP contribution in [0.5, 0.6) is 11.5 Å². The van der Waals surface area contributed by atoms with Crippen LogP contribution in [0.15, 0.2) is 18.2 Å². The fourth-order valence-electron chi connectivity index (χ4n) is 2.07. The summed E-state index contributed by atoms with van der Waals surface area (Å²) in [6, 6.07) is 4.14. The summed E-state index contributed by atoms with van der Waals surface area (Å²) in [6.45, 7) is 0. The molecule has 0 saturated heterocycles. The zero-order valence-corrected chi connectivity index (χ0v) is 8.94. The zero-order chi connectivity index (χ0) is 11.5. The number of hydrogen-bond acceptors (Lipinski definition) is 3. The van der Waals surface area contributed by atoms with Gasteiger partial charge >= 0.3 is 0 Å². The Labute approximate surface area is 93.9 Å². The lowest BCUT2D eigenvalue weighted by Crippen LogP contribution is -2.32. The van der Waals surface area contributed by atoms with Gasteiger partial charge in [0.2, 0.25) is 0 Å². The highest BCUT2D eigenvalue weighted by molar-refractivity contribution is 5.95. The van der Waals surface area contributed by atoms with Gasteiger partial charge in [-0.3, -0.25) is 4.79 Å². The van der Waals surface area contributed by atoms with Gasteiger partial charge in [0.15, 0.2) is 0 Å². The fraction of sp³-hybridized carbons (Fsp3) is 0.417. The van der Waals surface area contributed by atoms with Crippen molar-refractivity contribution in [1.82, 2.24) is 5.32 Å². The lowest BCUT2D eigenvalue weighted by Gasteiger charge is -2.12. The highest BCUT2D eigenvalue weighted by Crippen LogP contribution is 2.22. The molecular weight excluding hydrogens is 206 g/mol. The molecule has 0 aromatic heterocycles. The van der Waals surface area contributed by atoms with Crippen LogP contribution in [0.2, 0.25) is 0 Å². The molecule has 1 saturated carbocycles. The van der Waals surface area contributed by atoms with Crippen molar-refractivity contribution in [3.05, 3.63) is 23.8 Å². The topological polar surface area (TPSA) is 69.6 Å². The van der Waals surface area contributed by atoms with Crippen molar-refractivity contribution in [2.45, 2.75) is 31.7 Å². The maximum absolute atomic E-state index is 11.8. The molecule has 16 heavy (non-hydrogen) atoms. The standard InChI is InChI=1S/C12H15NO3/c14-10-5-8(6-11(15)7-10)12(16)13-9-3-1-2-4-9/h5-7,9,14-15H,1-4H2,(H,13,16). The van der Waals surface area contributed by atoms with Gasteiger partial charge in [0, 0.05) is 17.7 Å². The number of hydrogen-bond donors (Lipinski definition) is 3. The second kappa shape index (κ2) is 4.43. The van der Waals surface area contributed by atoms with Crippen molar-refractivity contribution in [3.8, 4) is 11.5 Å². The van der Waals surface area contributed by atoms with E-state index in [0.29, 0.717) is 5.56 Å². The normalized spacial score (nSPS) is 16.2. The lowest BCUT2D eigenvalue weighted by molar-refractivity contribution is 0.0937. The first-order valence-corrected chi connectivity index (χ1v) is 5.49. The number of rotatable bonds is 2. The summed E-state index contributed by atoms with van der Waals surface area (Å²) < 4.78 is 0. The summed E-state index contributed by atoms with van der Waals surface area (Å²) >= 11 is 0. The Morgan fingerprint density at radius 3 is 2.25 bits per heavy atom. The van der Waals surface area contributed by atoms with Gasteiger partial charge in [-0.05, 0) is 25.0 Å². The average Bonchev–Trinajstić information content (AvgIpc) is 2.68. The molecule has 1 aliphatic carbocycles. The van der Waals surface area contributed by atoms with Crippen LogP contribution >= 0.6 is 0 Å². The van der Waals surface area contributed by atoms with Crippen LogP contribution in [0.25, 0.3) is 0 Å². The predicted molar refractivity (Wildman–Crippen MR) is 59.5 cm³/mol. The number of nitrogens with one attached hydrogen (secondary N) is 1. The average molecular weight is 221 g/mol. The van der Waals surface area contributed by atoms with Crippen LogP contribution in [0.1, 0.15) is 36.0 Å². The van der Waals surface area contributed by atoms with Gasteiger partial charge in [0.25, 0.3) is 5.91 Å². The number of amides is 1. The van der Waals surface area contributed by atoms with Crippen molar-refractivity contribution < 1.29 is 15.0 Å². The van der Waals surface area contributed by atoms with Crippen LogP contribution in [-0.2, 0) is 0 Å². The first-order chi connectivity index (χ1) is 7.65. The molecule has 4 nitrogen and oxygen atoms in total. The van der Waals surface area contributed by atoms with Crippen LogP contribution in [-0.4, -0.2) is 22.2 Å². The van der Waals surface area contributed by atoms with Gasteiger partial charge in [-0.2, -0.15) is 0 Å². The summed E-state index contributed by atoms with van der Waals surface area (Å²) in [6.07, 6.45) is 4.32. The molecule has 1 aliphatic rings. The quantitative estimate of drug-likeness (QED) is 0.712. The van der Waals surface area contributed by atoms with Crippen LogP contribution in [0, 0.1) is 0 Å². The van der Waals surface area contributed by atoms with E-state index in [-0.39, 0.29) is 23.4 Å². The van der Waals surface area contributed by atoms with E-state index in [4.69, 9.17) is 0 Å². The highest BCUT2D eigenvalue weighted by Gasteiger charge is 2.18. The highest BCUT2D eigenvalue weighted by atomic mass is 16.3. The SMILES string of the molecule is O=C(NC1CCCC1)c1cc(O)cc(O)c1. The Bertz CT molecular complexity index is 377. The molecule has 0 radical (unpaired) electrons. The maximum atomic E-state index is 11.8. The molecule has 4 heteroatoms. The second-order valence-electron chi connectivity index (χ2n) is 4.19. The largest absolute Gasteiger partial charge is 0.508 e. The van der Waals surface area contributed by atoms with Crippen molar-refractivity contribution in [3.63, 3.8) is 0 Å². The van der Waals surface area contributed by atoms with Crippen molar-refractivity contribution in [1.29, 1.82) is 0 Å². The van der Waals surface area contributed by atoms with Gasteiger partial charge < -0.3 is 15.5 Å². The van der Waals surface area contributed by atoms with Crippen molar-refractivity contribution >= 4 is 5.91 Å². The molecule has 0 unspecified atom stereocenters. The van der Waals surface area contributed by atoms with E-state index in [1.54, 1.807) is 0 Å². The predicted octanol–water partition coefficient (Wildman–Crippen LogP) is 1.77. The molecule has 3 N–H and O–H groups in total. The van der Waals surface area contributed by atoms with E-state index >= 15 is 0 Å². The number of phenolic OH excluding ortho intramolecular Hbond substituents is 2. The van der Waals surface area contributed by atoms with Crippen LogP contribution in [0.4, 0.5) is 0 Å². The van der Waals surface area contributed by atoms with Gasteiger partial charge in [-0.15, -0.1) is 0 Å². The number of carbonyl (C=O) groups is 1. The molecule has 86 valence electrons. The fourth-order valence-corrected chi connectivity index (χ4v) is 2.07. The van der Waals surface area contributed by atoms with E-state index in [0.717, 1.165) is 25.7 Å². The maximum Gasteiger partial charge on any atom is 0.251 e. The Morgan fingerprint density at radius 2 is 1.69 bits per heavy atom. The smallest absolute Gasteiger partial charge is 0.251 e. The molecule has 1 fully saturated rings. The number of benzene rings is 1. The Hall–Kier alpha value is -1.71. The first kappa shape index (κ1) is 10.8. The summed E-state index contributed by atoms with van der Waals surface area (Å²) in [5.74, 6) is -0.439. The minimum Gasteiger partial charge on any atom is -0.508 e. The van der Waals surface area contributed by atoms with E-state index in [1.807, 2.05) is 0 Å². The number of aromatic hydroxyl groups is 2. The Kier molecular flexibility index (Phi) is 2.99. The molecule has 1 aromatic rings. The molecule has 0 heterocycles. The molecule has 1 aromatic carbocycles. The summed E-state index contributed by atoms with van der Waals surface area (Å²) in [5, 5.41) is 21.4. The van der Waals surface area contributed by atoms with Gasteiger partial charge in [0.05, 0.1) is 0 Å². The summed E-state index contributed by atoms with van der Waals surface area (Å²) in [4.78, 5) is 11.8. The van der Waals surface area contributed by atoms with Crippen molar-refractivity contribution in [2.75, 3.05) is 0 Å². The van der Waals surface area contributed by atoms with Crippen LogP contribution < -0.4 is 5.32 Å². The molecule has 0 aliphatic heterocycles. The van der Waals surface area contributed by atoms with E-state index < -0.39 is 0 Å². The zero-order valence-electron chi connectivity index (χ0n) is 8.94. The van der Waals surface area contributed by atoms with Gasteiger partial charge in [-0.25, -0.2) is 0 Å². The summed E-state index contributed by atoms with van der Waals surface area (Å²) in [7, 11) is 0. The third-order valence-corrected chi connectivity index (χ3v) is 2.86. The minimum atomic E-state index is -0.238. The third-order valence-electron chi connectivity index (χ3n) is 2.86. The van der Waals surface area contributed by atoms with Gasteiger partial charge in [0.1, 0.15) is 11.5 Å². The van der Waals surface area contributed by atoms with E-state index in [9.17, 15) is 15.0 Å². The monoisotopic (exact) mass is 221 g/mol. The van der Waals surface area contributed by atoms with Gasteiger partial charge in [-0.1, -0.05) is 12.8 Å². The summed E-state index contributed by atoms with van der Waals surface area (Å²) in [5.41, 5.74) is 0.296. The Balaban J connectivity index is 2.07. The molecule has 1 amide bonds. The van der Waals surface area contributed by atoms with Crippen LogP contribution in [0.3, 0.4) is 0 Å². The second-order valence-corrected chi connectivity index (χ2v) is 4.19.